The Hall–Kier alpha value is -0.420. The van der Waals surface area contributed by atoms with Crippen molar-refractivity contribution in [1.29, 1.82) is 0 Å². The van der Waals surface area contributed by atoms with Gasteiger partial charge in [-0.3, -0.25) is 0 Å². The van der Waals surface area contributed by atoms with Crippen LogP contribution in [0.2, 0.25) is 0 Å². The fourth-order valence-corrected chi connectivity index (χ4v) is 3.04. The number of hydrogen-bond donors (Lipinski definition) is 1. The average molecular weight is 283 g/mol. The maximum atomic E-state index is 5.76. The topological polar surface area (TPSA) is 30.5 Å². The standard InChI is InChI=1S/C15H25NO2S/c1-12(2)16-9-14-6-7-15(19-14)11-17-10-13-5-3-4-8-18-13/h6-7,12-13,16H,3-5,8-11H2,1-2H3. The van der Waals surface area contributed by atoms with Crippen LogP contribution < -0.4 is 5.32 Å². The summed E-state index contributed by atoms with van der Waals surface area (Å²) in [4.78, 5) is 2.68. The average Bonchev–Trinajstić information content (AvgIpc) is 2.86. The molecule has 1 aliphatic heterocycles. The van der Waals surface area contributed by atoms with E-state index in [2.05, 4.69) is 31.3 Å². The second-order valence-electron chi connectivity index (χ2n) is 5.41. The van der Waals surface area contributed by atoms with Crippen LogP contribution in [0, 0.1) is 0 Å². The van der Waals surface area contributed by atoms with E-state index in [1.165, 1.54) is 22.6 Å². The zero-order valence-corrected chi connectivity index (χ0v) is 12.8. The highest BCUT2D eigenvalue weighted by molar-refractivity contribution is 7.11. The maximum Gasteiger partial charge on any atom is 0.0810 e. The fraction of sp³-hybridized carbons (Fsp3) is 0.733. The van der Waals surface area contributed by atoms with Gasteiger partial charge in [-0.25, -0.2) is 0 Å². The molecule has 1 unspecified atom stereocenters. The lowest BCUT2D eigenvalue weighted by atomic mass is 10.1. The van der Waals surface area contributed by atoms with Gasteiger partial charge < -0.3 is 14.8 Å². The predicted octanol–water partition coefficient (Wildman–Crippen LogP) is 3.33. The van der Waals surface area contributed by atoms with Gasteiger partial charge in [-0.1, -0.05) is 13.8 Å². The first-order valence-corrected chi connectivity index (χ1v) is 8.06. The molecular weight excluding hydrogens is 258 g/mol. The van der Waals surface area contributed by atoms with Crippen LogP contribution in [0.4, 0.5) is 0 Å². The third-order valence-corrected chi connectivity index (χ3v) is 4.28. The molecule has 0 saturated carbocycles. The van der Waals surface area contributed by atoms with Crippen LogP contribution in [-0.4, -0.2) is 25.4 Å². The number of thiophene rings is 1. The van der Waals surface area contributed by atoms with Crippen LogP contribution in [0.5, 0.6) is 0 Å². The van der Waals surface area contributed by atoms with Gasteiger partial charge in [0.05, 0.1) is 19.3 Å². The van der Waals surface area contributed by atoms with Crippen molar-refractivity contribution >= 4 is 11.3 Å². The summed E-state index contributed by atoms with van der Waals surface area (Å²) in [6, 6.07) is 4.89. The molecule has 1 aromatic heterocycles. The third kappa shape index (κ3) is 5.61. The molecule has 0 aromatic carbocycles. The number of rotatable bonds is 7. The van der Waals surface area contributed by atoms with E-state index >= 15 is 0 Å². The van der Waals surface area contributed by atoms with Crippen LogP contribution in [0.3, 0.4) is 0 Å². The van der Waals surface area contributed by atoms with Crippen molar-refractivity contribution in [1.82, 2.24) is 5.32 Å². The minimum Gasteiger partial charge on any atom is -0.376 e. The second-order valence-corrected chi connectivity index (χ2v) is 6.66. The molecule has 1 N–H and O–H groups in total. The summed E-state index contributed by atoms with van der Waals surface area (Å²) in [5.41, 5.74) is 0. The lowest BCUT2D eigenvalue weighted by molar-refractivity contribution is -0.0443. The van der Waals surface area contributed by atoms with Crippen LogP contribution in [0.25, 0.3) is 0 Å². The highest BCUT2D eigenvalue weighted by Crippen LogP contribution is 2.18. The minimum absolute atomic E-state index is 0.316. The van der Waals surface area contributed by atoms with Gasteiger partial charge in [-0.05, 0) is 31.4 Å². The Morgan fingerprint density at radius 2 is 2.21 bits per heavy atom. The zero-order chi connectivity index (χ0) is 13.5. The monoisotopic (exact) mass is 283 g/mol. The fourth-order valence-electron chi connectivity index (χ4n) is 2.13. The molecule has 2 rings (SSSR count). The molecule has 0 amide bonds. The van der Waals surface area contributed by atoms with Crippen LogP contribution in [0.1, 0.15) is 42.9 Å². The van der Waals surface area contributed by atoms with Crippen LogP contribution in [0.15, 0.2) is 12.1 Å². The zero-order valence-electron chi connectivity index (χ0n) is 12.0. The summed E-state index contributed by atoms with van der Waals surface area (Å²) < 4.78 is 11.4. The van der Waals surface area contributed by atoms with E-state index in [1.54, 1.807) is 0 Å². The molecule has 2 heterocycles. The maximum absolute atomic E-state index is 5.76. The van der Waals surface area contributed by atoms with Crippen molar-refractivity contribution in [3.05, 3.63) is 21.9 Å². The van der Waals surface area contributed by atoms with Gasteiger partial charge in [0.15, 0.2) is 0 Å². The third-order valence-electron chi connectivity index (χ3n) is 3.22. The number of hydrogen-bond acceptors (Lipinski definition) is 4. The van der Waals surface area contributed by atoms with Gasteiger partial charge in [0, 0.05) is 28.9 Å². The highest BCUT2D eigenvalue weighted by atomic mass is 32.1. The van der Waals surface area contributed by atoms with Gasteiger partial charge in [0.1, 0.15) is 0 Å². The quantitative estimate of drug-likeness (QED) is 0.832. The first kappa shape index (κ1) is 15.0. The molecule has 1 fully saturated rings. The van der Waals surface area contributed by atoms with Crippen molar-refractivity contribution in [2.75, 3.05) is 13.2 Å². The Kier molecular flexibility index (Phi) is 6.31. The largest absolute Gasteiger partial charge is 0.376 e. The Morgan fingerprint density at radius 1 is 1.37 bits per heavy atom. The van der Waals surface area contributed by atoms with E-state index in [1.807, 2.05) is 11.3 Å². The van der Waals surface area contributed by atoms with Gasteiger partial charge >= 0.3 is 0 Å². The molecule has 0 bridgehead atoms. The molecule has 1 aliphatic rings. The van der Waals surface area contributed by atoms with Gasteiger partial charge in [0.2, 0.25) is 0 Å². The van der Waals surface area contributed by atoms with Gasteiger partial charge in [0.25, 0.3) is 0 Å². The van der Waals surface area contributed by atoms with Crippen LogP contribution in [-0.2, 0) is 22.6 Å². The molecule has 0 radical (unpaired) electrons. The van der Waals surface area contributed by atoms with Crippen molar-refractivity contribution < 1.29 is 9.47 Å². The van der Waals surface area contributed by atoms with E-state index in [0.717, 1.165) is 26.2 Å². The molecule has 108 valence electrons. The summed E-state index contributed by atoms with van der Waals surface area (Å²) in [7, 11) is 0. The number of nitrogens with one attached hydrogen (secondary N) is 1. The first-order valence-electron chi connectivity index (χ1n) is 7.24. The molecular formula is C15H25NO2S. The summed E-state index contributed by atoms with van der Waals surface area (Å²) in [5.74, 6) is 0. The Labute approximate surface area is 120 Å². The molecule has 3 nitrogen and oxygen atoms in total. The molecule has 1 saturated heterocycles. The summed E-state index contributed by atoms with van der Waals surface area (Å²) >= 11 is 1.83. The molecule has 4 heteroatoms. The van der Waals surface area contributed by atoms with Crippen LogP contribution >= 0.6 is 11.3 Å². The van der Waals surface area contributed by atoms with E-state index in [4.69, 9.17) is 9.47 Å². The van der Waals surface area contributed by atoms with E-state index in [-0.39, 0.29) is 0 Å². The predicted molar refractivity (Wildman–Crippen MR) is 79.5 cm³/mol. The Bertz CT molecular complexity index is 359. The summed E-state index contributed by atoms with van der Waals surface area (Å²) in [6.45, 7) is 7.64. The molecule has 1 aromatic rings. The summed E-state index contributed by atoms with van der Waals surface area (Å²) in [6.07, 6.45) is 3.94. The highest BCUT2D eigenvalue weighted by Gasteiger charge is 2.13. The van der Waals surface area contributed by atoms with Crippen molar-refractivity contribution in [2.45, 2.75) is 58.4 Å². The van der Waals surface area contributed by atoms with E-state index in [9.17, 15) is 0 Å². The van der Waals surface area contributed by atoms with Crippen molar-refractivity contribution in [3.63, 3.8) is 0 Å². The van der Waals surface area contributed by atoms with E-state index < -0.39 is 0 Å². The lowest BCUT2D eigenvalue weighted by Gasteiger charge is -2.22. The van der Waals surface area contributed by atoms with Gasteiger partial charge in [-0.15, -0.1) is 11.3 Å². The van der Waals surface area contributed by atoms with Crippen molar-refractivity contribution in [3.8, 4) is 0 Å². The minimum atomic E-state index is 0.316. The lowest BCUT2D eigenvalue weighted by Crippen LogP contribution is -2.24. The van der Waals surface area contributed by atoms with E-state index in [0.29, 0.717) is 18.8 Å². The SMILES string of the molecule is CC(C)NCc1ccc(COCC2CCCCO2)s1. The smallest absolute Gasteiger partial charge is 0.0810 e. The van der Waals surface area contributed by atoms with Gasteiger partial charge in [-0.2, -0.15) is 0 Å². The molecule has 19 heavy (non-hydrogen) atoms. The Balaban J connectivity index is 1.65. The Morgan fingerprint density at radius 3 is 2.95 bits per heavy atom. The molecule has 1 atom stereocenters. The molecule has 0 spiro atoms. The first-order chi connectivity index (χ1) is 9.24. The van der Waals surface area contributed by atoms with Crippen molar-refractivity contribution in [2.24, 2.45) is 0 Å². The normalized spacial score (nSPS) is 20.1. The molecule has 0 aliphatic carbocycles. The summed E-state index contributed by atoms with van der Waals surface area (Å²) in [5, 5.41) is 3.43. The number of ether oxygens (including phenoxy) is 2. The second kappa shape index (κ2) is 8.00.